The van der Waals surface area contributed by atoms with Crippen molar-refractivity contribution in [3.05, 3.63) is 78.0 Å². The summed E-state index contributed by atoms with van der Waals surface area (Å²) in [7, 11) is 0. The number of benzene rings is 2. The summed E-state index contributed by atoms with van der Waals surface area (Å²) in [5.74, 6) is -0.311. The van der Waals surface area contributed by atoms with Crippen molar-refractivity contribution in [2.45, 2.75) is 25.8 Å². The Bertz CT molecular complexity index is 1190. The van der Waals surface area contributed by atoms with E-state index < -0.39 is 5.54 Å². The molecule has 0 saturated carbocycles. The van der Waals surface area contributed by atoms with Crippen LogP contribution in [0.1, 0.15) is 30.7 Å². The lowest BCUT2D eigenvalue weighted by molar-refractivity contribution is -0.147. The SMILES string of the molecule is C=CCN1C(=O)[C@]2(c3ccccc31)c1[nH]c3ccccc3c1CCN2C(=O)C(C)C. The lowest BCUT2D eigenvalue weighted by Crippen LogP contribution is -2.60. The van der Waals surface area contributed by atoms with E-state index in [-0.39, 0.29) is 17.7 Å². The first kappa shape index (κ1) is 18.7. The summed E-state index contributed by atoms with van der Waals surface area (Å²) in [6, 6.07) is 15.9. The van der Waals surface area contributed by atoms with Gasteiger partial charge in [0.05, 0.1) is 11.4 Å². The lowest BCUT2D eigenvalue weighted by Gasteiger charge is -2.44. The summed E-state index contributed by atoms with van der Waals surface area (Å²) in [4.78, 5) is 34.7. The van der Waals surface area contributed by atoms with Crippen molar-refractivity contribution in [2.24, 2.45) is 5.92 Å². The minimum atomic E-state index is -1.17. The van der Waals surface area contributed by atoms with E-state index in [1.54, 1.807) is 15.9 Å². The van der Waals surface area contributed by atoms with Crippen molar-refractivity contribution in [1.82, 2.24) is 9.88 Å². The van der Waals surface area contributed by atoms with Gasteiger partial charge in [0.2, 0.25) is 5.91 Å². The molecule has 1 atom stereocenters. The summed E-state index contributed by atoms with van der Waals surface area (Å²) in [6.45, 7) is 8.54. The number of carbonyl (C=O) groups excluding carboxylic acids is 2. The van der Waals surface area contributed by atoms with Gasteiger partial charge in [-0.25, -0.2) is 0 Å². The predicted molar refractivity (Wildman–Crippen MR) is 118 cm³/mol. The number of aromatic nitrogens is 1. The highest BCUT2D eigenvalue weighted by molar-refractivity contribution is 6.13. The van der Waals surface area contributed by atoms with Gasteiger partial charge in [0.1, 0.15) is 0 Å². The molecular formula is C25H25N3O2. The van der Waals surface area contributed by atoms with Crippen molar-refractivity contribution >= 4 is 28.4 Å². The number of nitrogens with zero attached hydrogens (tertiary/aromatic N) is 2. The lowest BCUT2D eigenvalue weighted by atomic mass is 9.79. The highest BCUT2D eigenvalue weighted by Crippen LogP contribution is 2.52. The highest BCUT2D eigenvalue weighted by atomic mass is 16.2. The Balaban J connectivity index is 1.87. The zero-order valence-electron chi connectivity index (χ0n) is 17.3. The van der Waals surface area contributed by atoms with Crippen LogP contribution in [0.25, 0.3) is 10.9 Å². The second-order valence-corrected chi connectivity index (χ2v) is 8.35. The number of carbonyl (C=O) groups is 2. The van der Waals surface area contributed by atoms with Crippen molar-refractivity contribution in [3.8, 4) is 0 Å². The fourth-order valence-corrected chi connectivity index (χ4v) is 5.13. The Morgan fingerprint density at radius 3 is 2.70 bits per heavy atom. The van der Waals surface area contributed by atoms with Crippen molar-refractivity contribution < 1.29 is 9.59 Å². The third-order valence-corrected chi connectivity index (χ3v) is 6.38. The molecule has 0 fully saturated rings. The van der Waals surface area contributed by atoms with Gasteiger partial charge in [0, 0.05) is 35.5 Å². The maximum absolute atomic E-state index is 14.2. The molecule has 2 aliphatic rings. The molecule has 3 aromatic rings. The Hall–Kier alpha value is -3.34. The van der Waals surface area contributed by atoms with Crippen molar-refractivity contribution in [2.75, 3.05) is 18.0 Å². The largest absolute Gasteiger partial charge is 0.355 e. The molecule has 5 rings (SSSR count). The van der Waals surface area contributed by atoms with E-state index >= 15 is 0 Å². The van der Waals surface area contributed by atoms with Crippen LogP contribution < -0.4 is 4.90 Å². The Labute approximate surface area is 176 Å². The number of nitrogens with one attached hydrogen (secondary N) is 1. The van der Waals surface area contributed by atoms with E-state index in [0.29, 0.717) is 13.1 Å². The van der Waals surface area contributed by atoms with Crippen LogP contribution in [0.3, 0.4) is 0 Å². The van der Waals surface area contributed by atoms with Crippen LogP contribution >= 0.6 is 0 Å². The minimum absolute atomic E-state index is 0.0112. The van der Waals surface area contributed by atoms with Gasteiger partial charge >= 0.3 is 0 Å². The molecule has 5 nitrogen and oxygen atoms in total. The molecule has 152 valence electrons. The number of aromatic amines is 1. The fraction of sp³-hybridized carbons (Fsp3) is 0.280. The zero-order chi connectivity index (χ0) is 21.0. The third-order valence-electron chi connectivity index (χ3n) is 6.38. The summed E-state index contributed by atoms with van der Waals surface area (Å²) in [5.41, 5.74) is 3.48. The standard InChI is InChI=1S/C25H25N3O2/c1-4-14-27-21-12-8-6-10-19(21)25(24(27)30)22-18(13-15-28(25)23(29)16(2)3)17-9-5-7-11-20(17)26-22/h4-12,16,26H,1,13-15H2,2-3H3/t25-/m0/s1. The first-order valence-electron chi connectivity index (χ1n) is 10.5. The Morgan fingerprint density at radius 1 is 1.20 bits per heavy atom. The van der Waals surface area contributed by atoms with E-state index in [1.165, 1.54) is 0 Å². The fourth-order valence-electron chi connectivity index (χ4n) is 5.13. The van der Waals surface area contributed by atoms with Gasteiger partial charge in [-0.15, -0.1) is 6.58 Å². The van der Waals surface area contributed by atoms with Crippen LogP contribution in [0, 0.1) is 5.92 Å². The second kappa shape index (κ2) is 6.59. The van der Waals surface area contributed by atoms with Gasteiger partial charge in [0.25, 0.3) is 5.91 Å². The number of hydrogen-bond donors (Lipinski definition) is 1. The normalized spacial score (nSPS) is 20.2. The number of hydrogen-bond acceptors (Lipinski definition) is 2. The number of rotatable bonds is 3. The molecule has 1 spiro atoms. The number of para-hydroxylation sites is 2. The van der Waals surface area contributed by atoms with Crippen LogP contribution in [0.2, 0.25) is 0 Å². The molecule has 3 heterocycles. The molecule has 0 unspecified atom stereocenters. The summed E-state index contributed by atoms with van der Waals surface area (Å²) in [6.07, 6.45) is 2.45. The monoisotopic (exact) mass is 399 g/mol. The number of anilines is 1. The summed E-state index contributed by atoms with van der Waals surface area (Å²) in [5, 5.41) is 1.12. The minimum Gasteiger partial charge on any atom is -0.355 e. The first-order valence-corrected chi connectivity index (χ1v) is 10.5. The van der Waals surface area contributed by atoms with Gasteiger partial charge < -0.3 is 14.8 Å². The molecule has 0 bridgehead atoms. The molecule has 0 aliphatic carbocycles. The Morgan fingerprint density at radius 2 is 1.93 bits per heavy atom. The quantitative estimate of drug-likeness (QED) is 0.677. The molecule has 5 heteroatoms. The molecule has 0 radical (unpaired) electrons. The average molecular weight is 399 g/mol. The average Bonchev–Trinajstić information content (AvgIpc) is 3.25. The Kier molecular flexibility index (Phi) is 4.10. The molecule has 2 aliphatic heterocycles. The van der Waals surface area contributed by atoms with Crippen LogP contribution in [-0.4, -0.2) is 34.8 Å². The maximum Gasteiger partial charge on any atom is 0.264 e. The van der Waals surface area contributed by atoms with Gasteiger partial charge in [-0.2, -0.15) is 0 Å². The van der Waals surface area contributed by atoms with Gasteiger partial charge in [0.15, 0.2) is 5.54 Å². The molecule has 2 amide bonds. The molecule has 2 aromatic carbocycles. The van der Waals surface area contributed by atoms with Gasteiger partial charge in [-0.05, 0) is 24.1 Å². The molecule has 30 heavy (non-hydrogen) atoms. The number of fused-ring (bicyclic) bond motifs is 6. The van der Waals surface area contributed by atoms with Crippen molar-refractivity contribution in [1.29, 1.82) is 0 Å². The zero-order valence-corrected chi connectivity index (χ0v) is 17.3. The van der Waals surface area contributed by atoms with E-state index in [2.05, 4.69) is 17.6 Å². The van der Waals surface area contributed by atoms with E-state index in [1.807, 2.05) is 56.3 Å². The van der Waals surface area contributed by atoms with E-state index in [9.17, 15) is 9.59 Å². The number of amides is 2. The first-order chi connectivity index (χ1) is 14.5. The predicted octanol–water partition coefficient (Wildman–Crippen LogP) is 3.98. The van der Waals surface area contributed by atoms with Crippen molar-refractivity contribution in [3.63, 3.8) is 0 Å². The summed E-state index contributed by atoms with van der Waals surface area (Å²) >= 11 is 0. The highest BCUT2D eigenvalue weighted by Gasteiger charge is 2.60. The van der Waals surface area contributed by atoms with Crippen LogP contribution in [0.5, 0.6) is 0 Å². The molecule has 0 saturated heterocycles. The van der Waals surface area contributed by atoms with Crippen LogP contribution in [-0.2, 0) is 21.5 Å². The maximum atomic E-state index is 14.2. The number of H-pyrrole nitrogens is 1. The van der Waals surface area contributed by atoms with E-state index in [0.717, 1.165) is 39.8 Å². The second-order valence-electron chi connectivity index (χ2n) is 8.35. The topological polar surface area (TPSA) is 56.4 Å². The smallest absolute Gasteiger partial charge is 0.264 e. The van der Waals surface area contributed by atoms with Gasteiger partial charge in [-0.1, -0.05) is 56.3 Å². The molecule has 1 N–H and O–H groups in total. The van der Waals surface area contributed by atoms with Gasteiger partial charge in [-0.3, -0.25) is 9.59 Å². The summed E-state index contributed by atoms with van der Waals surface area (Å²) < 4.78 is 0. The van der Waals surface area contributed by atoms with E-state index in [4.69, 9.17) is 0 Å². The third kappa shape index (κ3) is 2.23. The molecular weight excluding hydrogens is 374 g/mol. The van der Waals surface area contributed by atoms with Crippen LogP contribution in [0.15, 0.2) is 61.2 Å². The molecule has 1 aromatic heterocycles. The van der Waals surface area contributed by atoms with Crippen LogP contribution in [0.4, 0.5) is 5.69 Å².